The summed E-state index contributed by atoms with van der Waals surface area (Å²) in [6, 6.07) is -1.18. The first-order chi connectivity index (χ1) is 13.3. The van der Waals surface area contributed by atoms with E-state index in [2.05, 4.69) is 10.3 Å². The molecule has 1 rings (SSSR count). The number of carbonyl (C=O) groups is 2. The lowest BCUT2D eigenvalue weighted by Gasteiger charge is -2.33. The van der Waals surface area contributed by atoms with Gasteiger partial charge in [-0.3, -0.25) is 9.69 Å². The Morgan fingerprint density at radius 2 is 1.79 bits per heavy atom. The number of likely N-dealkylation sites (N-methyl/N-ethyl adjacent to an activating group) is 1. The summed E-state index contributed by atoms with van der Waals surface area (Å²) >= 11 is 1.35. The van der Waals surface area contributed by atoms with Crippen molar-refractivity contribution in [1.82, 2.24) is 15.2 Å². The minimum atomic E-state index is -0.895. The minimum absolute atomic E-state index is 0.197. The zero-order chi connectivity index (χ0) is 22.4. The maximum atomic E-state index is 13.2. The van der Waals surface area contributed by atoms with E-state index in [-0.39, 0.29) is 17.7 Å². The predicted molar refractivity (Wildman–Crippen MR) is 116 cm³/mol. The lowest BCUT2D eigenvalue weighted by molar-refractivity contribution is -0.128. The summed E-state index contributed by atoms with van der Waals surface area (Å²) in [6.07, 6.45) is 1.28. The van der Waals surface area contributed by atoms with Crippen LogP contribution >= 0.6 is 11.3 Å². The van der Waals surface area contributed by atoms with Crippen molar-refractivity contribution in [2.45, 2.75) is 85.1 Å². The Hall–Kier alpha value is -1.67. The number of amides is 2. The average Bonchev–Trinajstić information content (AvgIpc) is 3.10. The van der Waals surface area contributed by atoms with Crippen LogP contribution in [0.1, 0.15) is 72.4 Å². The Labute approximate surface area is 178 Å². The third kappa shape index (κ3) is 8.70. The number of carbonyl (C=O) groups excluding carboxylic acids is 2. The summed E-state index contributed by atoms with van der Waals surface area (Å²) in [5.41, 5.74) is -0.647. The molecule has 8 heteroatoms. The molecule has 0 aromatic carbocycles. The number of thiazole rings is 1. The van der Waals surface area contributed by atoms with Crippen LogP contribution in [0.4, 0.5) is 4.79 Å². The highest BCUT2D eigenvalue weighted by atomic mass is 32.1. The summed E-state index contributed by atoms with van der Waals surface area (Å²) in [5.74, 6) is 0.165. The Morgan fingerprint density at radius 3 is 2.24 bits per heavy atom. The van der Waals surface area contributed by atoms with Crippen LogP contribution in [-0.4, -0.2) is 51.7 Å². The highest BCUT2D eigenvalue weighted by Crippen LogP contribution is 2.24. The highest BCUT2D eigenvalue weighted by molar-refractivity contribution is 7.09. The standard InChI is InChI=1S/C21H37N3O4S/c1-13(2)11-15(17(25)19-22-9-10-29-19)23-18(26)16(12-14(3)4)24(8)20(27)28-21(5,6)7/h9-10,13-17,25H,11-12H2,1-8H3,(H,23,26)/t15?,16-,17-/m0/s1. The smallest absolute Gasteiger partial charge is 0.410 e. The molecule has 1 aromatic rings. The zero-order valence-corrected chi connectivity index (χ0v) is 19.7. The monoisotopic (exact) mass is 427 g/mol. The first-order valence-electron chi connectivity index (χ1n) is 10.2. The van der Waals surface area contributed by atoms with Gasteiger partial charge in [-0.2, -0.15) is 0 Å². The molecule has 0 saturated heterocycles. The van der Waals surface area contributed by atoms with E-state index < -0.39 is 29.9 Å². The number of rotatable bonds is 9. The van der Waals surface area contributed by atoms with Crippen molar-refractivity contribution in [2.75, 3.05) is 7.05 Å². The lowest BCUT2D eigenvalue weighted by atomic mass is 9.97. The van der Waals surface area contributed by atoms with Gasteiger partial charge in [0.05, 0.1) is 6.04 Å². The van der Waals surface area contributed by atoms with E-state index in [0.717, 1.165) is 0 Å². The summed E-state index contributed by atoms with van der Waals surface area (Å²) in [5, 5.41) is 16.1. The van der Waals surface area contributed by atoms with Crippen LogP contribution in [0.25, 0.3) is 0 Å². The number of hydrogen-bond donors (Lipinski definition) is 2. The van der Waals surface area contributed by atoms with Gasteiger partial charge in [0.15, 0.2) is 0 Å². The third-order valence-electron chi connectivity index (χ3n) is 4.28. The van der Waals surface area contributed by atoms with Crippen molar-refractivity contribution < 1.29 is 19.4 Å². The number of aliphatic hydroxyl groups is 1. The molecule has 3 atom stereocenters. The molecule has 0 fully saturated rings. The number of nitrogens with one attached hydrogen (secondary N) is 1. The van der Waals surface area contributed by atoms with E-state index >= 15 is 0 Å². The van der Waals surface area contributed by atoms with Crippen LogP contribution < -0.4 is 5.32 Å². The molecular weight excluding hydrogens is 390 g/mol. The van der Waals surface area contributed by atoms with Crippen molar-refractivity contribution in [3.05, 3.63) is 16.6 Å². The number of hydrogen-bond acceptors (Lipinski definition) is 6. The van der Waals surface area contributed by atoms with E-state index in [1.165, 1.54) is 16.2 Å². The molecule has 2 N–H and O–H groups in total. The number of aliphatic hydroxyl groups excluding tert-OH is 1. The Bertz CT molecular complexity index is 641. The van der Waals surface area contributed by atoms with Gasteiger partial charge < -0.3 is 15.2 Å². The maximum absolute atomic E-state index is 13.2. The first kappa shape index (κ1) is 25.4. The molecule has 0 bridgehead atoms. The maximum Gasteiger partial charge on any atom is 0.410 e. The van der Waals surface area contributed by atoms with Crippen molar-refractivity contribution in [2.24, 2.45) is 11.8 Å². The fourth-order valence-electron chi connectivity index (χ4n) is 2.95. The van der Waals surface area contributed by atoms with Gasteiger partial charge in [-0.1, -0.05) is 27.7 Å². The third-order valence-corrected chi connectivity index (χ3v) is 5.13. The summed E-state index contributed by atoms with van der Waals surface area (Å²) in [4.78, 5) is 31.2. The fraction of sp³-hybridized carbons (Fsp3) is 0.762. The van der Waals surface area contributed by atoms with Crippen molar-refractivity contribution in [3.63, 3.8) is 0 Å². The Morgan fingerprint density at radius 1 is 1.21 bits per heavy atom. The Kier molecular flexibility index (Phi) is 9.55. The normalized spacial score (nSPS) is 15.1. The van der Waals surface area contributed by atoms with Crippen molar-refractivity contribution in [3.8, 4) is 0 Å². The minimum Gasteiger partial charge on any atom is -0.444 e. The molecule has 7 nitrogen and oxygen atoms in total. The van der Waals surface area contributed by atoms with Gasteiger partial charge >= 0.3 is 6.09 Å². The largest absolute Gasteiger partial charge is 0.444 e. The molecule has 29 heavy (non-hydrogen) atoms. The van der Waals surface area contributed by atoms with Crippen molar-refractivity contribution in [1.29, 1.82) is 0 Å². The average molecular weight is 428 g/mol. The molecular formula is C21H37N3O4S. The van der Waals surface area contributed by atoms with Crippen LogP contribution in [0.15, 0.2) is 11.6 Å². The molecule has 0 aliphatic rings. The van der Waals surface area contributed by atoms with Crippen molar-refractivity contribution >= 4 is 23.3 Å². The van der Waals surface area contributed by atoms with Crippen LogP contribution in [0, 0.1) is 11.8 Å². The van der Waals surface area contributed by atoms with E-state index in [9.17, 15) is 14.7 Å². The van der Waals surface area contributed by atoms with E-state index in [1.54, 1.807) is 39.4 Å². The number of nitrogens with zero attached hydrogens (tertiary/aromatic N) is 2. The van der Waals surface area contributed by atoms with Gasteiger partial charge in [0.2, 0.25) is 5.91 Å². The highest BCUT2D eigenvalue weighted by Gasteiger charge is 2.34. The van der Waals surface area contributed by atoms with Crippen LogP contribution in [-0.2, 0) is 9.53 Å². The predicted octanol–water partition coefficient (Wildman–Crippen LogP) is 3.99. The van der Waals surface area contributed by atoms with E-state index in [0.29, 0.717) is 17.8 Å². The molecule has 0 aliphatic heterocycles. The van der Waals surface area contributed by atoms with Gasteiger partial charge in [-0.25, -0.2) is 9.78 Å². The molecule has 0 spiro atoms. The second-order valence-corrected chi connectivity index (χ2v) is 10.2. The molecule has 0 saturated carbocycles. The Balaban J connectivity index is 3.01. The quantitative estimate of drug-likeness (QED) is 0.622. The molecule has 1 heterocycles. The van der Waals surface area contributed by atoms with Crippen LogP contribution in [0.5, 0.6) is 0 Å². The molecule has 1 aromatic heterocycles. The summed E-state index contributed by atoms with van der Waals surface area (Å²) < 4.78 is 5.44. The van der Waals surface area contributed by atoms with Gasteiger partial charge in [-0.15, -0.1) is 11.3 Å². The second-order valence-electron chi connectivity index (χ2n) is 9.30. The lowest BCUT2D eigenvalue weighted by Crippen LogP contribution is -2.53. The second kappa shape index (κ2) is 10.9. The summed E-state index contributed by atoms with van der Waals surface area (Å²) in [6.45, 7) is 13.4. The van der Waals surface area contributed by atoms with E-state index in [4.69, 9.17) is 4.74 Å². The molecule has 1 unspecified atom stereocenters. The molecule has 0 radical (unpaired) electrons. The van der Waals surface area contributed by atoms with Gasteiger partial charge in [0.1, 0.15) is 22.8 Å². The molecule has 166 valence electrons. The molecule has 2 amide bonds. The SMILES string of the molecule is CC(C)CC(NC(=O)[C@H](CC(C)C)N(C)C(=O)OC(C)(C)C)[C@H](O)c1nccs1. The zero-order valence-electron chi connectivity index (χ0n) is 18.9. The summed E-state index contributed by atoms with van der Waals surface area (Å²) in [7, 11) is 1.58. The molecule has 0 aliphatic carbocycles. The van der Waals surface area contributed by atoms with E-state index in [1.807, 2.05) is 27.7 Å². The fourth-order valence-corrected chi connectivity index (χ4v) is 3.64. The number of ether oxygens (including phenoxy) is 1. The number of aromatic nitrogens is 1. The van der Waals surface area contributed by atoms with Gasteiger partial charge in [0, 0.05) is 18.6 Å². The van der Waals surface area contributed by atoms with Gasteiger partial charge in [0.25, 0.3) is 0 Å². The van der Waals surface area contributed by atoms with Crippen LogP contribution in [0.2, 0.25) is 0 Å². The van der Waals surface area contributed by atoms with Gasteiger partial charge in [-0.05, 0) is 45.4 Å². The topological polar surface area (TPSA) is 91.8 Å². The van der Waals surface area contributed by atoms with Crippen LogP contribution in [0.3, 0.4) is 0 Å². The first-order valence-corrected chi connectivity index (χ1v) is 11.0.